The highest BCUT2D eigenvalue weighted by Gasteiger charge is 2.25. The summed E-state index contributed by atoms with van der Waals surface area (Å²) in [4.78, 5) is 4.75. The molecule has 0 bridgehead atoms. The van der Waals surface area contributed by atoms with Crippen molar-refractivity contribution in [1.29, 1.82) is 0 Å². The maximum absolute atomic E-state index is 3.73. The molecule has 2 unspecified atom stereocenters. The molecule has 17 heavy (non-hydrogen) atoms. The zero-order valence-electron chi connectivity index (χ0n) is 12.6. The Hall–Kier alpha value is -0.120. The topological polar surface area (TPSA) is 18.5 Å². The normalized spacial score (nSPS) is 25.2. The van der Waals surface area contributed by atoms with Crippen LogP contribution in [0.15, 0.2) is 0 Å². The molecule has 0 aliphatic carbocycles. The Morgan fingerprint density at radius 2 is 2.06 bits per heavy atom. The zero-order chi connectivity index (χ0) is 13.1. The Bertz CT molecular complexity index is 226. The summed E-state index contributed by atoms with van der Waals surface area (Å²) in [7, 11) is 6.55. The number of hydrogen-bond acceptors (Lipinski definition) is 3. The summed E-state index contributed by atoms with van der Waals surface area (Å²) >= 11 is 0. The summed E-state index contributed by atoms with van der Waals surface area (Å²) in [5, 5.41) is 3.73. The molecule has 1 aliphatic rings. The van der Waals surface area contributed by atoms with Crippen LogP contribution in [0, 0.1) is 5.92 Å². The first kappa shape index (κ1) is 14.9. The average Bonchev–Trinajstić information content (AvgIpc) is 2.25. The van der Waals surface area contributed by atoms with Crippen LogP contribution in [-0.4, -0.2) is 62.2 Å². The summed E-state index contributed by atoms with van der Waals surface area (Å²) < 4.78 is 0. The van der Waals surface area contributed by atoms with Crippen LogP contribution >= 0.6 is 0 Å². The van der Waals surface area contributed by atoms with Crippen LogP contribution in [0.4, 0.5) is 0 Å². The Labute approximate surface area is 108 Å². The van der Waals surface area contributed by atoms with Crippen LogP contribution in [0.25, 0.3) is 0 Å². The van der Waals surface area contributed by atoms with Gasteiger partial charge in [0.2, 0.25) is 0 Å². The number of likely N-dealkylation sites (N-methyl/N-ethyl adjacent to an activating group) is 1. The minimum Gasteiger partial charge on any atom is -0.312 e. The van der Waals surface area contributed by atoms with E-state index in [0.717, 1.165) is 12.5 Å². The lowest BCUT2D eigenvalue weighted by atomic mass is 9.91. The Morgan fingerprint density at radius 3 is 2.59 bits per heavy atom. The van der Waals surface area contributed by atoms with Gasteiger partial charge in [0.15, 0.2) is 0 Å². The van der Waals surface area contributed by atoms with Crippen molar-refractivity contribution in [3.05, 3.63) is 0 Å². The summed E-state index contributed by atoms with van der Waals surface area (Å²) in [5.41, 5.74) is 0.231. The average molecular weight is 241 g/mol. The maximum atomic E-state index is 3.73. The van der Waals surface area contributed by atoms with E-state index in [4.69, 9.17) is 0 Å². The Morgan fingerprint density at radius 1 is 1.41 bits per heavy atom. The zero-order valence-corrected chi connectivity index (χ0v) is 12.6. The summed E-state index contributed by atoms with van der Waals surface area (Å²) in [5.74, 6) is 0.812. The third-order valence-corrected chi connectivity index (χ3v) is 4.44. The monoisotopic (exact) mass is 241 g/mol. The van der Waals surface area contributed by atoms with Crippen LogP contribution in [-0.2, 0) is 0 Å². The fourth-order valence-corrected chi connectivity index (χ4v) is 2.35. The molecular weight excluding hydrogens is 210 g/mol. The molecule has 0 amide bonds. The lowest BCUT2D eigenvalue weighted by molar-refractivity contribution is 0.151. The second kappa shape index (κ2) is 6.17. The molecule has 3 heteroatoms. The first-order valence-corrected chi connectivity index (χ1v) is 6.92. The molecule has 0 saturated carbocycles. The van der Waals surface area contributed by atoms with Crippen molar-refractivity contribution in [3.8, 4) is 0 Å². The second-order valence-corrected chi connectivity index (χ2v) is 6.54. The molecule has 1 fully saturated rings. The van der Waals surface area contributed by atoms with E-state index in [-0.39, 0.29) is 5.54 Å². The van der Waals surface area contributed by atoms with Crippen molar-refractivity contribution in [2.45, 2.75) is 45.2 Å². The fourth-order valence-electron chi connectivity index (χ4n) is 2.35. The van der Waals surface area contributed by atoms with Gasteiger partial charge in [0.1, 0.15) is 0 Å². The number of piperidine rings is 1. The van der Waals surface area contributed by atoms with Crippen molar-refractivity contribution in [2.75, 3.05) is 40.8 Å². The van der Waals surface area contributed by atoms with Gasteiger partial charge in [0.05, 0.1) is 0 Å². The number of hydrogen-bond donors (Lipinski definition) is 1. The SMILES string of the molecule is CC(NCC(C)(C)N(C)C)C1CCCN(C)C1. The van der Waals surface area contributed by atoms with Gasteiger partial charge in [0, 0.05) is 24.7 Å². The lowest BCUT2D eigenvalue weighted by Gasteiger charge is -2.38. The van der Waals surface area contributed by atoms with Crippen LogP contribution in [0.1, 0.15) is 33.6 Å². The first-order valence-electron chi connectivity index (χ1n) is 6.92. The molecule has 0 aromatic heterocycles. The van der Waals surface area contributed by atoms with Crippen molar-refractivity contribution in [2.24, 2.45) is 5.92 Å². The number of rotatable bonds is 5. The molecule has 1 heterocycles. The molecular formula is C14H31N3. The minimum absolute atomic E-state index is 0.231. The highest BCUT2D eigenvalue weighted by Crippen LogP contribution is 2.19. The van der Waals surface area contributed by atoms with Gasteiger partial charge in [0.25, 0.3) is 0 Å². The predicted octanol–water partition coefficient (Wildman–Crippen LogP) is 1.65. The minimum atomic E-state index is 0.231. The summed E-state index contributed by atoms with van der Waals surface area (Å²) in [6.45, 7) is 10.5. The molecule has 0 spiro atoms. The van der Waals surface area contributed by atoms with E-state index < -0.39 is 0 Å². The molecule has 1 aliphatic heterocycles. The molecule has 0 radical (unpaired) electrons. The molecule has 1 saturated heterocycles. The van der Waals surface area contributed by atoms with E-state index in [1.165, 1.54) is 25.9 Å². The van der Waals surface area contributed by atoms with Crippen LogP contribution < -0.4 is 5.32 Å². The van der Waals surface area contributed by atoms with E-state index in [1.54, 1.807) is 0 Å². The van der Waals surface area contributed by atoms with Gasteiger partial charge in [-0.2, -0.15) is 0 Å². The third kappa shape index (κ3) is 4.57. The van der Waals surface area contributed by atoms with Gasteiger partial charge in [-0.05, 0) is 67.2 Å². The summed E-state index contributed by atoms with van der Waals surface area (Å²) in [6.07, 6.45) is 2.73. The van der Waals surface area contributed by atoms with Crippen molar-refractivity contribution in [1.82, 2.24) is 15.1 Å². The molecule has 0 aromatic carbocycles. The molecule has 102 valence electrons. The van der Waals surface area contributed by atoms with Gasteiger partial charge in [-0.25, -0.2) is 0 Å². The van der Waals surface area contributed by atoms with E-state index >= 15 is 0 Å². The molecule has 2 atom stereocenters. The number of likely N-dealkylation sites (tertiary alicyclic amines) is 1. The lowest BCUT2D eigenvalue weighted by Crippen LogP contribution is -2.51. The van der Waals surface area contributed by atoms with Crippen molar-refractivity contribution in [3.63, 3.8) is 0 Å². The standard InChI is InChI=1S/C14H31N3/c1-12(13-8-7-9-17(6)10-13)15-11-14(2,3)16(4)5/h12-13,15H,7-11H2,1-6H3. The van der Waals surface area contributed by atoms with Gasteiger partial charge in [-0.3, -0.25) is 0 Å². The number of nitrogens with one attached hydrogen (secondary N) is 1. The van der Waals surface area contributed by atoms with Gasteiger partial charge < -0.3 is 15.1 Å². The smallest absolute Gasteiger partial charge is 0.0271 e. The molecule has 0 aromatic rings. The van der Waals surface area contributed by atoms with Crippen LogP contribution in [0.2, 0.25) is 0 Å². The van der Waals surface area contributed by atoms with Gasteiger partial charge in [-0.1, -0.05) is 0 Å². The predicted molar refractivity (Wildman–Crippen MR) is 75.5 cm³/mol. The highest BCUT2D eigenvalue weighted by atomic mass is 15.2. The van der Waals surface area contributed by atoms with Crippen molar-refractivity contribution >= 4 is 0 Å². The largest absolute Gasteiger partial charge is 0.312 e. The third-order valence-electron chi connectivity index (χ3n) is 4.44. The summed E-state index contributed by atoms with van der Waals surface area (Å²) in [6, 6.07) is 0.622. The molecule has 1 N–H and O–H groups in total. The second-order valence-electron chi connectivity index (χ2n) is 6.54. The van der Waals surface area contributed by atoms with E-state index in [1.807, 2.05) is 0 Å². The maximum Gasteiger partial charge on any atom is 0.0271 e. The molecule has 3 nitrogen and oxygen atoms in total. The first-order chi connectivity index (χ1) is 7.83. The van der Waals surface area contributed by atoms with Crippen molar-refractivity contribution < 1.29 is 0 Å². The number of nitrogens with zero attached hydrogens (tertiary/aromatic N) is 2. The van der Waals surface area contributed by atoms with Gasteiger partial charge in [-0.15, -0.1) is 0 Å². The van der Waals surface area contributed by atoms with Gasteiger partial charge >= 0.3 is 0 Å². The van der Waals surface area contributed by atoms with Crippen LogP contribution in [0.5, 0.6) is 0 Å². The van der Waals surface area contributed by atoms with E-state index in [2.05, 4.69) is 57.0 Å². The van der Waals surface area contributed by atoms with E-state index in [9.17, 15) is 0 Å². The van der Waals surface area contributed by atoms with E-state index in [0.29, 0.717) is 6.04 Å². The van der Waals surface area contributed by atoms with Crippen LogP contribution in [0.3, 0.4) is 0 Å². The highest BCUT2D eigenvalue weighted by molar-refractivity contribution is 4.84. The fraction of sp³-hybridized carbons (Fsp3) is 1.00. The quantitative estimate of drug-likeness (QED) is 0.789. The Kier molecular flexibility index (Phi) is 5.42. The molecule has 1 rings (SSSR count). The Balaban J connectivity index is 2.36.